The Bertz CT molecular complexity index is 353. The van der Waals surface area contributed by atoms with Crippen LogP contribution in [0.4, 0.5) is 0 Å². The first-order valence-corrected chi connectivity index (χ1v) is 5.67. The zero-order chi connectivity index (χ0) is 11.6. The molecule has 1 amide bonds. The Morgan fingerprint density at radius 1 is 1.69 bits per heavy atom. The topological polar surface area (TPSA) is 54.3 Å². The summed E-state index contributed by atoms with van der Waals surface area (Å²) in [6.45, 7) is 5.60. The van der Waals surface area contributed by atoms with E-state index in [1.54, 1.807) is 6.26 Å². The zero-order valence-corrected chi connectivity index (χ0v) is 9.75. The lowest BCUT2D eigenvalue weighted by atomic mass is 9.88. The van der Waals surface area contributed by atoms with E-state index in [4.69, 9.17) is 4.42 Å². The lowest BCUT2D eigenvalue weighted by molar-refractivity contribution is -0.130. The fraction of sp³-hybridized carbons (Fsp3) is 0.583. The average Bonchev–Trinajstić information content (AvgIpc) is 2.88. The van der Waals surface area contributed by atoms with E-state index < -0.39 is 0 Å². The number of furan rings is 1. The molecular weight excluding hydrogens is 204 g/mol. The first kappa shape index (κ1) is 11.2. The lowest BCUT2D eigenvalue weighted by Crippen LogP contribution is -2.41. The highest BCUT2D eigenvalue weighted by molar-refractivity contribution is 5.83. The van der Waals surface area contributed by atoms with Crippen LogP contribution in [0.25, 0.3) is 0 Å². The number of rotatable bonds is 3. The van der Waals surface area contributed by atoms with Crippen molar-refractivity contribution in [1.82, 2.24) is 10.6 Å². The molecule has 1 aromatic rings. The molecular formula is C12H18N2O2. The number of hydrogen-bond donors (Lipinski definition) is 2. The molecule has 2 rings (SSSR count). The summed E-state index contributed by atoms with van der Waals surface area (Å²) in [7, 11) is 0. The minimum absolute atomic E-state index is 0.0695. The van der Waals surface area contributed by atoms with E-state index in [2.05, 4.69) is 10.6 Å². The molecule has 0 saturated carbocycles. The predicted octanol–water partition coefficient (Wildman–Crippen LogP) is 1.46. The first-order valence-electron chi connectivity index (χ1n) is 5.67. The molecule has 0 spiro atoms. The van der Waals surface area contributed by atoms with Crippen LogP contribution in [0.1, 0.15) is 32.1 Å². The Kier molecular flexibility index (Phi) is 3.01. The van der Waals surface area contributed by atoms with Gasteiger partial charge in [0.25, 0.3) is 0 Å². The van der Waals surface area contributed by atoms with Crippen molar-refractivity contribution >= 4 is 5.91 Å². The monoisotopic (exact) mass is 222 g/mol. The maximum atomic E-state index is 12.1. The third kappa shape index (κ3) is 2.11. The summed E-state index contributed by atoms with van der Waals surface area (Å²) in [6, 6.07) is 3.64. The largest absolute Gasteiger partial charge is 0.467 e. The zero-order valence-electron chi connectivity index (χ0n) is 9.75. The number of carbonyl (C=O) groups is 1. The molecule has 0 aromatic carbocycles. The Labute approximate surface area is 95.4 Å². The van der Waals surface area contributed by atoms with Gasteiger partial charge in [-0.3, -0.25) is 4.79 Å². The molecule has 2 heterocycles. The van der Waals surface area contributed by atoms with Gasteiger partial charge in [-0.1, -0.05) is 0 Å². The molecule has 88 valence electrons. The highest BCUT2D eigenvalue weighted by Crippen LogP contribution is 2.26. The fourth-order valence-corrected chi connectivity index (χ4v) is 1.99. The fourth-order valence-electron chi connectivity index (χ4n) is 1.99. The van der Waals surface area contributed by atoms with Crippen molar-refractivity contribution in [3.8, 4) is 0 Å². The molecule has 0 aliphatic carbocycles. The molecule has 1 saturated heterocycles. The van der Waals surface area contributed by atoms with E-state index in [1.165, 1.54) is 0 Å². The average molecular weight is 222 g/mol. The molecule has 0 bridgehead atoms. The van der Waals surface area contributed by atoms with Crippen LogP contribution >= 0.6 is 0 Å². The van der Waals surface area contributed by atoms with Crippen LogP contribution in [0.2, 0.25) is 0 Å². The van der Waals surface area contributed by atoms with Gasteiger partial charge >= 0.3 is 0 Å². The Balaban J connectivity index is 1.97. The van der Waals surface area contributed by atoms with Crippen LogP contribution in [-0.4, -0.2) is 19.0 Å². The molecule has 1 aliphatic rings. The number of hydrogen-bond acceptors (Lipinski definition) is 3. The summed E-state index contributed by atoms with van der Waals surface area (Å²) >= 11 is 0. The van der Waals surface area contributed by atoms with Gasteiger partial charge in [-0.05, 0) is 38.9 Å². The van der Waals surface area contributed by atoms with Crippen LogP contribution in [-0.2, 0) is 4.79 Å². The lowest BCUT2D eigenvalue weighted by Gasteiger charge is -2.23. The minimum Gasteiger partial charge on any atom is -0.467 e. The van der Waals surface area contributed by atoms with Crippen LogP contribution in [0.5, 0.6) is 0 Å². The normalized spacial score (nSPS) is 26.6. The van der Waals surface area contributed by atoms with E-state index in [1.807, 2.05) is 26.0 Å². The summed E-state index contributed by atoms with van der Waals surface area (Å²) in [6.07, 6.45) is 2.51. The second-order valence-electron chi connectivity index (χ2n) is 4.70. The Morgan fingerprint density at radius 3 is 3.06 bits per heavy atom. The quantitative estimate of drug-likeness (QED) is 0.814. The minimum atomic E-state index is -0.277. The van der Waals surface area contributed by atoms with Crippen molar-refractivity contribution in [1.29, 1.82) is 0 Å². The maximum absolute atomic E-state index is 12.1. The summed E-state index contributed by atoms with van der Waals surface area (Å²) < 4.78 is 5.26. The van der Waals surface area contributed by atoms with E-state index >= 15 is 0 Å². The van der Waals surface area contributed by atoms with Gasteiger partial charge in [0, 0.05) is 6.54 Å². The maximum Gasteiger partial charge on any atom is 0.227 e. The van der Waals surface area contributed by atoms with Gasteiger partial charge in [0.2, 0.25) is 5.91 Å². The van der Waals surface area contributed by atoms with Crippen LogP contribution in [0.3, 0.4) is 0 Å². The second-order valence-corrected chi connectivity index (χ2v) is 4.70. The molecule has 0 radical (unpaired) electrons. The first-order chi connectivity index (χ1) is 7.62. The second kappa shape index (κ2) is 4.29. The molecule has 1 fully saturated rings. The Hall–Kier alpha value is -1.29. The van der Waals surface area contributed by atoms with Crippen molar-refractivity contribution < 1.29 is 9.21 Å². The number of nitrogens with one attached hydrogen (secondary N) is 2. The van der Waals surface area contributed by atoms with E-state index in [0.717, 1.165) is 25.3 Å². The van der Waals surface area contributed by atoms with E-state index in [9.17, 15) is 4.79 Å². The van der Waals surface area contributed by atoms with Gasteiger partial charge in [0.1, 0.15) is 5.76 Å². The number of amides is 1. The standard InChI is InChI=1S/C12H18N2O2/c1-9(10-4-3-7-16-10)14-11(15)12(2)5-6-13-8-12/h3-4,7,9,13H,5-6,8H2,1-2H3,(H,14,15)/t9-,12?/m0/s1. The van der Waals surface area contributed by atoms with Crippen molar-refractivity contribution in [2.24, 2.45) is 5.41 Å². The van der Waals surface area contributed by atoms with Gasteiger partial charge < -0.3 is 15.1 Å². The van der Waals surface area contributed by atoms with Crippen molar-refractivity contribution in [3.05, 3.63) is 24.2 Å². The summed E-state index contributed by atoms with van der Waals surface area (Å²) in [5.41, 5.74) is -0.277. The smallest absolute Gasteiger partial charge is 0.227 e. The molecule has 2 N–H and O–H groups in total. The molecule has 2 atom stereocenters. The molecule has 1 aliphatic heterocycles. The van der Waals surface area contributed by atoms with Crippen molar-refractivity contribution in [3.63, 3.8) is 0 Å². The highest BCUT2D eigenvalue weighted by atomic mass is 16.3. The van der Waals surface area contributed by atoms with Gasteiger partial charge in [0.05, 0.1) is 17.7 Å². The molecule has 4 heteroatoms. The summed E-state index contributed by atoms with van der Waals surface area (Å²) in [5, 5.41) is 6.21. The molecule has 16 heavy (non-hydrogen) atoms. The van der Waals surface area contributed by atoms with Gasteiger partial charge in [0.15, 0.2) is 0 Å². The van der Waals surface area contributed by atoms with Crippen molar-refractivity contribution in [2.75, 3.05) is 13.1 Å². The molecule has 1 unspecified atom stereocenters. The van der Waals surface area contributed by atoms with E-state index in [-0.39, 0.29) is 17.4 Å². The number of carbonyl (C=O) groups excluding carboxylic acids is 1. The van der Waals surface area contributed by atoms with Gasteiger partial charge in [-0.25, -0.2) is 0 Å². The SMILES string of the molecule is C[C@H](NC(=O)C1(C)CCNC1)c1ccco1. The molecule has 1 aromatic heterocycles. The third-order valence-electron chi connectivity index (χ3n) is 3.23. The van der Waals surface area contributed by atoms with Crippen LogP contribution in [0, 0.1) is 5.41 Å². The molecule has 4 nitrogen and oxygen atoms in total. The van der Waals surface area contributed by atoms with Crippen LogP contribution < -0.4 is 10.6 Å². The highest BCUT2D eigenvalue weighted by Gasteiger charge is 2.36. The van der Waals surface area contributed by atoms with E-state index in [0.29, 0.717) is 0 Å². The third-order valence-corrected chi connectivity index (χ3v) is 3.23. The van der Waals surface area contributed by atoms with Gasteiger partial charge in [-0.2, -0.15) is 0 Å². The van der Waals surface area contributed by atoms with Crippen LogP contribution in [0.15, 0.2) is 22.8 Å². The Morgan fingerprint density at radius 2 is 2.50 bits per heavy atom. The summed E-state index contributed by atoms with van der Waals surface area (Å²) in [4.78, 5) is 12.1. The van der Waals surface area contributed by atoms with Gasteiger partial charge in [-0.15, -0.1) is 0 Å². The summed E-state index contributed by atoms with van der Waals surface area (Å²) in [5.74, 6) is 0.893. The predicted molar refractivity (Wildman–Crippen MR) is 60.9 cm³/mol. The van der Waals surface area contributed by atoms with Crippen molar-refractivity contribution in [2.45, 2.75) is 26.3 Å².